The Morgan fingerprint density at radius 2 is 1.74 bits per heavy atom. The summed E-state index contributed by atoms with van der Waals surface area (Å²) in [7, 11) is 0. The number of fused-ring (bicyclic) bond motifs is 1. The molecule has 1 saturated heterocycles. The van der Waals surface area contributed by atoms with Gasteiger partial charge in [-0.25, -0.2) is 9.97 Å². The molecule has 2 aromatic heterocycles. The number of nitriles is 1. The summed E-state index contributed by atoms with van der Waals surface area (Å²) in [5.41, 5.74) is 9.56. The smallest absolute Gasteiger partial charge is 0.164 e. The number of halogens is 1. The quantitative estimate of drug-likeness (QED) is 0.321. The largest absolute Gasteiger partial charge is 0.388 e. The number of ether oxygens (including phenoxy) is 1. The van der Waals surface area contributed by atoms with E-state index < -0.39 is 24.5 Å². The Morgan fingerprint density at radius 1 is 1.03 bits per heavy atom. The van der Waals surface area contributed by atoms with Crippen LogP contribution in [0.2, 0.25) is 0 Å². The lowest BCUT2D eigenvalue weighted by Gasteiger charge is -2.36. The van der Waals surface area contributed by atoms with E-state index in [-0.39, 0.29) is 23.6 Å². The molecular formula is C24H20BrN5O4. The second-order valence-electron chi connectivity index (χ2n) is 8.03. The molecule has 0 bridgehead atoms. The maximum Gasteiger partial charge on any atom is 0.164 e. The molecule has 5 N–H and O–H groups in total. The van der Waals surface area contributed by atoms with Crippen LogP contribution in [0, 0.1) is 11.3 Å². The fourth-order valence-electron chi connectivity index (χ4n) is 4.33. The van der Waals surface area contributed by atoms with E-state index in [0.29, 0.717) is 16.6 Å². The third-order valence-electron chi connectivity index (χ3n) is 5.95. The Hall–Kier alpha value is -3.33. The average molecular weight is 522 g/mol. The monoisotopic (exact) mass is 521 g/mol. The Labute approximate surface area is 202 Å². The molecule has 4 aromatic rings. The van der Waals surface area contributed by atoms with E-state index >= 15 is 0 Å². The van der Waals surface area contributed by atoms with Gasteiger partial charge in [-0.3, -0.25) is 4.57 Å². The summed E-state index contributed by atoms with van der Waals surface area (Å²) in [6.45, 7) is -0.206. The molecule has 3 heterocycles. The number of nitrogens with zero attached hydrogens (tertiary/aromatic N) is 4. The van der Waals surface area contributed by atoms with Crippen LogP contribution in [0.4, 0.5) is 5.82 Å². The van der Waals surface area contributed by atoms with Gasteiger partial charge in [0.15, 0.2) is 6.23 Å². The fraction of sp³-hybridized carbons (Fsp3) is 0.208. The molecule has 0 amide bonds. The van der Waals surface area contributed by atoms with Crippen LogP contribution >= 0.6 is 15.9 Å². The fourth-order valence-corrected chi connectivity index (χ4v) is 4.73. The molecule has 1 fully saturated rings. The molecule has 0 radical (unpaired) electrons. The Bertz CT molecular complexity index is 1430. The molecule has 172 valence electrons. The predicted octanol–water partition coefficient (Wildman–Crippen LogP) is 2.59. The van der Waals surface area contributed by atoms with E-state index in [4.69, 9.17) is 10.5 Å². The lowest BCUT2D eigenvalue weighted by molar-refractivity contribution is -0.209. The van der Waals surface area contributed by atoms with Crippen molar-refractivity contribution in [2.75, 3.05) is 12.3 Å². The molecule has 0 unspecified atom stereocenters. The highest BCUT2D eigenvalue weighted by atomic mass is 79.9. The summed E-state index contributed by atoms with van der Waals surface area (Å²) in [6.07, 6.45) is -4.03. The lowest BCUT2D eigenvalue weighted by Crippen LogP contribution is -2.50. The highest BCUT2D eigenvalue weighted by molar-refractivity contribution is 9.10. The van der Waals surface area contributed by atoms with Crippen molar-refractivity contribution in [3.8, 4) is 28.5 Å². The number of benzene rings is 2. The normalized spacial score (nSPS) is 22.6. The molecule has 34 heavy (non-hydrogen) atoms. The molecule has 0 saturated carbocycles. The summed E-state index contributed by atoms with van der Waals surface area (Å²) in [5.74, 6) is 0.107. The van der Waals surface area contributed by atoms with Crippen molar-refractivity contribution in [3.63, 3.8) is 0 Å². The van der Waals surface area contributed by atoms with Gasteiger partial charge in [0.05, 0.1) is 23.3 Å². The highest BCUT2D eigenvalue weighted by Gasteiger charge is 2.41. The summed E-state index contributed by atoms with van der Waals surface area (Å²) >= 11 is 3.49. The maximum absolute atomic E-state index is 10.8. The SMILES string of the molecule is N#Cc1c(-c2cccc(-c3cccc(Br)c3)c2)n([C@H]2OC[C@H](O)[C@@H](O)[C@@H]2O)c2ncnc(N)c12. The molecule has 1 aliphatic heterocycles. The summed E-state index contributed by atoms with van der Waals surface area (Å²) in [4.78, 5) is 8.36. The molecule has 5 rings (SSSR count). The number of hydrogen-bond donors (Lipinski definition) is 4. The zero-order chi connectivity index (χ0) is 24.0. The van der Waals surface area contributed by atoms with Gasteiger partial charge in [-0.2, -0.15) is 5.26 Å². The van der Waals surface area contributed by atoms with E-state index in [1.165, 1.54) is 6.33 Å². The molecule has 0 aliphatic carbocycles. The predicted molar refractivity (Wildman–Crippen MR) is 128 cm³/mol. The van der Waals surface area contributed by atoms with Crippen LogP contribution in [-0.4, -0.2) is 54.8 Å². The lowest BCUT2D eigenvalue weighted by atomic mass is 9.99. The summed E-state index contributed by atoms with van der Waals surface area (Å²) in [5, 5.41) is 41.5. The molecule has 2 aromatic carbocycles. The summed E-state index contributed by atoms with van der Waals surface area (Å²) in [6, 6.07) is 17.6. The molecular weight excluding hydrogens is 502 g/mol. The molecule has 1 aliphatic rings. The Balaban J connectivity index is 1.78. The van der Waals surface area contributed by atoms with Crippen LogP contribution in [-0.2, 0) is 4.74 Å². The Kier molecular flexibility index (Phi) is 5.81. The number of anilines is 1. The second kappa shape index (κ2) is 8.79. The minimum atomic E-state index is -1.48. The van der Waals surface area contributed by atoms with Crippen molar-refractivity contribution < 1.29 is 20.1 Å². The van der Waals surface area contributed by atoms with Gasteiger partial charge in [-0.05, 0) is 29.3 Å². The second-order valence-corrected chi connectivity index (χ2v) is 8.94. The number of aliphatic hydroxyl groups excluding tert-OH is 3. The van der Waals surface area contributed by atoms with Crippen molar-refractivity contribution in [2.24, 2.45) is 0 Å². The van der Waals surface area contributed by atoms with Gasteiger partial charge in [-0.15, -0.1) is 0 Å². The van der Waals surface area contributed by atoms with E-state index in [1.807, 2.05) is 48.5 Å². The van der Waals surface area contributed by atoms with Gasteiger partial charge >= 0.3 is 0 Å². The third-order valence-corrected chi connectivity index (χ3v) is 6.44. The van der Waals surface area contributed by atoms with E-state index in [2.05, 4.69) is 32.0 Å². The van der Waals surface area contributed by atoms with Gasteiger partial charge in [0, 0.05) is 10.0 Å². The number of hydrogen-bond acceptors (Lipinski definition) is 8. The Morgan fingerprint density at radius 3 is 2.47 bits per heavy atom. The first kappa shape index (κ1) is 22.5. The van der Waals surface area contributed by atoms with E-state index in [9.17, 15) is 20.6 Å². The van der Waals surface area contributed by atoms with Gasteiger partial charge in [0.25, 0.3) is 0 Å². The van der Waals surface area contributed by atoms with Crippen LogP contribution in [0.1, 0.15) is 11.8 Å². The molecule has 10 heteroatoms. The van der Waals surface area contributed by atoms with Gasteiger partial charge < -0.3 is 25.8 Å². The first-order valence-electron chi connectivity index (χ1n) is 10.5. The first-order chi connectivity index (χ1) is 16.4. The minimum absolute atomic E-state index is 0.107. The van der Waals surface area contributed by atoms with Crippen LogP contribution in [0.15, 0.2) is 59.3 Å². The third kappa shape index (κ3) is 3.64. The van der Waals surface area contributed by atoms with Gasteiger partial charge in [0.1, 0.15) is 42.2 Å². The molecule has 9 nitrogen and oxygen atoms in total. The standard InChI is InChI=1S/C24H20BrN5O4/c25-15-6-2-4-13(8-15)12-3-1-5-14(7-12)19-16(9-26)18-22(27)28-11-29-23(18)30(19)24-21(33)20(32)17(31)10-34-24/h1-8,11,17,20-21,24,31-33H,10H2,(H2,27,28,29)/t17-,20+,21-,24-/m0/s1. The van der Waals surface area contributed by atoms with Crippen molar-refractivity contribution in [3.05, 3.63) is 64.9 Å². The van der Waals surface area contributed by atoms with Crippen LogP contribution < -0.4 is 5.73 Å². The number of aliphatic hydroxyl groups is 3. The maximum atomic E-state index is 10.8. The van der Waals surface area contributed by atoms with Gasteiger partial charge in [-0.1, -0.05) is 46.3 Å². The number of nitrogen functional groups attached to an aromatic ring is 1. The van der Waals surface area contributed by atoms with Crippen LogP contribution in [0.25, 0.3) is 33.4 Å². The highest BCUT2D eigenvalue weighted by Crippen LogP contribution is 2.40. The van der Waals surface area contributed by atoms with Crippen molar-refractivity contribution in [1.82, 2.24) is 14.5 Å². The average Bonchev–Trinajstić information content (AvgIpc) is 3.18. The zero-order valence-corrected chi connectivity index (χ0v) is 19.3. The number of rotatable bonds is 3. The first-order valence-corrected chi connectivity index (χ1v) is 11.3. The zero-order valence-electron chi connectivity index (χ0n) is 17.7. The number of nitrogens with two attached hydrogens (primary N) is 1. The van der Waals surface area contributed by atoms with Crippen molar-refractivity contribution in [1.29, 1.82) is 5.26 Å². The van der Waals surface area contributed by atoms with Crippen molar-refractivity contribution >= 4 is 32.8 Å². The molecule has 0 spiro atoms. The van der Waals surface area contributed by atoms with Crippen LogP contribution in [0.3, 0.4) is 0 Å². The topological polar surface area (TPSA) is 150 Å². The van der Waals surface area contributed by atoms with Crippen molar-refractivity contribution in [2.45, 2.75) is 24.5 Å². The minimum Gasteiger partial charge on any atom is -0.388 e. The molecule has 4 atom stereocenters. The van der Waals surface area contributed by atoms with Crippen LogP contribution in [0.5, 0.6) is 0 Å². The number of aromatic nitrogens is 3. The van der Waals surface area contributed by atoms with Gasteiger partial charge in [0.2, 0.25) is 0 Å². The van der Waals surface area contributed by atoms with E-state index in [1.54, 1.807) is 4.57 Å². The van der Waals surface area contributed by atoms with E-state index in [0.717, 1.165) is 15.6 Å². The summed E-state index contributed by atoms with van der Waals surface area (Å²) < 4.78 is 8.22.